The molecule has 1 aromatic rings. The fourth-order valence-corrected chi connectivity index (χ4v) is 1.64. The molecular formula is C10H15F3N6O. The first-order valence-corrected chi connectivity index (χ1v) is 6.05. The third-order valence-electron chi connectivity index (χ3n) is 2.59. The highest BCUT2D eigenvalue weighted by Gasteiger charge is 2.27. The van der Waals surface area contributed by atoms with Gasteiger partial charge in [0.15, 0.2) is 0 Å². The third kappa shape index (κ3) is 4.08. The number of nitrogens with zero attached hydrogens (tertiary/aromatic N) is 4. The van der Waals surface area contributed by atoms with Crippen LogP contribution in [0, 0.1) is 0 Å². The number of halogens is 3. The Morgan fingerprint density at radius 1 is 1.15 bits per heavy atom. The molecule has 1 fully saturated rings. The molecule has 112 valence electrons. The number of nitrogens with one attached hydrogen (secondary N) is 2. The van der Waals surface area contributed by atoms with Crippen LogP contribution in [0.4, 0.5) is 31.0 Å². The number of rotatable bonds is 4. The monoisotopic (exact) mass is 292 g/mol. The van der Waals surface area contributed by atoms with Crippen molar-refractivity contribution in [3.05, 3.63) is 0 Å². The number of ether oxygens (including phenoxy) is 1. The molecule has 2 rings (SSSR count). The van der Waals surface area contributed by atoms with E-state index in [1.54, 1.807) is 7.05 Å². The van der Waals surface area contributed by atoms with Gasteiger partial charge in [0.25, 0.3) is 0 Å². The highest BCUT2D eigenvalue weighted by Crippen LogP contribution is 2.18. The molecule has 0 radical (unpaired) electrons. The minimum atomic E-state index is -4.33. The molecule has 0 aromatic carbocycles. The standard InChI is InChI=1S/C10H15F3N6O/c1-14-7-16-8(15-6-10(11,12)13)18-9(17-7)19-2-4-20-5-3-19/h2-6H2,1H3,(H2,14,15,16,17,18). The maximum Gasteiger partial charge on any atom is 0.405 e. The summed E-state index contributed by atoms with van der Waals surface area (Å²) in [5.74, 6) is 0.437. The van der Waals surface area contributed by atoms with Crippen LogP contribution in [-0.2, 0) is 4.74 Å². The van der Waals surface area contributed by atoms with Crippen molar-refractivity contribution in [1.82, 2.24) is 15.0 Å². The van der Waals surface area contributed by atoms with Crippen LogP contribution in [0.15, 0.2) is 0 Å². The lowest BCUT2D eigenvalue weighted by Crippen LogP contribution is -2.37. The molecule has 1 aliphatic rings. The van der Waals surface area contributed by atoms with Crippen molar-refractivity contribution in [3.63, 3.8) is 0 Å². The van der Waals surface area contributed by atoms with Gasteiger partial charge in [-0.15, -0.1) is 0 Å². The number of hydrogen-bond donors (Lipinski definition) is 2. The van der Waals surface area contributed by atoms with Gasteiger partial charge in [-0.05, 0) is 0 Å². The van der Waals surface area contributed by atoms with Crippen LogP contribution in [0.25, 0.3) is 0 Å². The van der Waals surface area contributed by atoms with Crippen LogP contribution in [0.2, 0.25) is 0 Å². The quantitative estimate of drug-likeness (QED) is 0.847. The number of aromatic nitrogens is 3. The molecular weight excluding hydrogens is 277 g/mol. The van der Waals surface area contributed by atoms with Crippen molar-refractivity contribution in [2.24, 2.45) is 0 Å². The van der Waals surface area contributed by atoms with E-state index < -0.39 is 12.7 Å². The fraction of sp³-hybridized carbons (Fsp3) is 0.700. The van der Waals surface area contributed by atoms with E-state index in [0.29, 0.717) is 32.3 Å². The van der Waals surface area contributed by atoms with Gasteiger partial charge in [-0.25, -0.2) is 0 Å². The number of anilines is 3. The molecule has 0 saturated carbocycles. The van der Waals surface area contributed by atoms with E-state index in [9.17, 15) is 13.2 Å². The van der Waals surface area contributed by atoms with Crippen LogP contribution in [0.3, 0.4) is 0 Å². The second-order valence-electron chi connectivity index (χ2n) is 4.10. The lowest BCUT2D eigenvalue weighted by atomic mass is 10.4. The van der Waals surface area contributed by atoms with Crippen LogP contribution in [0.5, 0.6) is 0 Å². The van der Waals surface area contributed by atoms with Gasteiger partial charge in [-0.2, -0.15) is 28.1 Å². The lowest BCUT2D eigenvalue weighted by molar-refractivity contribution is -0.115. The summed E-state index contributed by atoms with van der Waals surface area (Å²) in [5.41, 5.74) is 0. The van der Waals surface area contributed by atoms with E-state index in [0.717, 1.165) is 0 Å². The van der Waals surface area contributed by atoms with Crippen LogP contribution < -0.4 is 15.5 Å². The van der Waals surface area contributed by atoms with Crippen molar-refractivity contribution in [1.29, 1.82) is 0 Å². The molecule has 7 nitrogen and oxygen atoms in total. The second-order valence-corrected chi connectivity index (χ2v) is 4.10. The lowest BCUT2D eigenvalue weighted by Gasteiger charge is -2.27. The van der Waals surface area contributed by atoms with Gasteiger partial charge in [0, 0.05) is 20.1 Å². The number of alkyl halides is 3. The van der Waals surface area contributed by atoms with Crippen LogP contribution in [0.1, 0.15) is 0 Å². The van der Waals surface area contributed by atoms with Gasteiger partial charge in [0.1, 0.15) is 6.54 Å². The average Bonchev–Trinajstić information content (AvgIpc) is 2.45. The Hall–Kier alpha value is -1.84. The Labute approximate surface area is 113 Å². The van der Waals surface area contributed by atoms with Crippen molar-refractivity contribution in [2.75, 3.05) is 55.4 Å². The SMILES string of the molecule is CNc1nc(NCC(F)(F)F)nc(N2CCOCC2)n1. The van der Waals surface area contributed by atoms with Gasteiger partial charge < -0.3 is 20.3 Å². The molecule has 0 aliphatic carbocycles. The summed E-state index contributed by atoms with van der Waals surface area (Å²) in [4.78, 5) is 13.8. The van der Waals surface area contributed by atoms with E-state index in [2.05, 4.69) is 25.6 Å². The molecule has 1 saturated heterocycles. The molecule has 0 unspecified atom stereocenters. The second kappa shape index (κ2) is 6.07. The fourth-order valence-electron chi connectivity index (χ4n) is 1.64. The maximum absolute atomic E-state index is 12.2. The summed E-state index contributed by atoms with van der Waals surface area (Å²) < 4.78 is 41.8. The molecule has 2 N–H and O–H groups in total. The Morgan fingerprint density at radius 2 is 1.80 bits per heavy atom. The van der Waals surface area contributed by atoms with Crippen molar-refractivity contribution >= 4 is 17.8 Å². The summed E-state index contributed by atoms with van der Waals surface area (Å²) in [6, 6.07) is 0. The zero-order valence-corrected chi connectivity index (χ0v) is 10.9. The van der Waals surface area contributed by atoms with E-state index in [1.807, 2.05) is 4.90 Å². The topological polar surface area (TPSA) is 75.2 Å². The minimum Gasteiger partial charge on any atom is -0.378 e. The first kappa shape index (κ1) is 14.6. The number of hydrogen-bond acceptors (Lipinski definition) is 7. The Kier molecular flexibility index (Phi) is 4.42. The summed E-state index contributed by atoms with van der Waals surface area (Å²) in [6.45, 7) is 1.05. The smallest absolute Gasteiger partial charge is 0.378 e. The molecule has 0 amide bonds. The Balaban J connectivity index is 2.15. The zero-order chi connectivity index (χ0) is 14.6. The highest BCUT2D eigenvalue weighted by atomic mass is 19.4. The van der Waals surface area contributed by atoms with Crippen LogP contribution in [-0.4, -0.2) is 61.0 Å². The molecule has 10 heteroatoms. The first-order chi connectivity index (χ1) is 9.48. The summed E-state index contributed by atoms with van der Waals surface area (Å²) >= 11 is 0. The zero-order valence-electron chi connectivity index (χ0n) is 10.9. The first-order valence-electron chi connectivity index (χ1n) is 6.05. The van der Waals surface area contributed by atoms with Crippen molar-refractivity contribution in [3.8, 4) is 0 Å². The predicted octanol–water partition coefficient (Wildman–Crippen LogP) is 0.724. The van der Waals surface area contributed by atoms with Gasteiger partial charge in [-0.3, -0.25) is 0 Å². The van der Waals surface area contributed by atoms with Crippen molar-refractivity contribution in [2.45, 2.75) is 6.18 Å². The van der Waals surface area contributed by atoms with E-state index in [-0.39, 0.29) is 11.9 Å². The largest absolute Gasteiger partial charge is 0.405 e. The van der Waals surface area contributed by atoms with Gasteiger partial charge in [-0.1, -0.05) is 0 Å². The molecule has 20 heavy (non-hydrogen) atoms. The normalized spacial score (nSPS) is 16.1. The van der Waals surface area contributed by atoms with E-state index >= 15 is 0 Å². The van der Waals surface area contributed by atoms with E-state index in [1.165, 1.54) is 0 Å². The summed E-state index contributed by atoms with van der Waals surface area (Å²) in [5, 5.41) is 4.86. The van der Waals surface area contributed by atoms with Crippen LogP contribution >= 0.6 is 0 Å². The molecule has 1 aromatic heterocycles. The molecule has 0 atom stereocenters. The highest BCUT2D eigenvalue weighted by molar-refractivity contribution is 5.43. The molecule has 0 spiro atoms. The van der Waals surface area contributed by atoms with Gasteiger partial charge in [0.2, 0.25) is 17.8 Å². The average molecular weight is 292 g/mol. The van der Waals surface area contributed by atoms with Gasteiger partial charge in [0.05, 0.1) is 13.2 Å². The predicted molar refractivity (Wildman–Crippen MR) is 67.0 cm³/mol. The Bertz CT molecular complexity index is 449. The number of morpholine rings is 1. The molecule has 1 aliphatic heterocycles. The van der Waals surface area contributed by atoms with Crippen molar-refractivity contribution < 1.29 is 17.9 Å². The summed E-state index contributed by atoms with van der Waals surface area (Å²) in [6.07, 6.45) is -4.33. The molecule has 2 heterocycles. The van der Waals surface area contributed by atoms with E-state index in [4.69, 9.17) is 4.74 Å². The molecule has 0 bridgehead atoms. The third-order valence-corrected chi connectivity index (χ3v) is 2.59. The van der Waals surface area contributed by atoms with Gasteiger partial charge >= 0.3 is 6.18 Å². The Morgan fingerprint density at radius 3 is 2.40 bits per heavy atom. The maximum atomic E-state index is 12.2. The minimum absolute atomic E-state index is 0.108. The summed E-state index contributed by atoms with van der Waals surface area (Å²) in [7, 11) is 1.59.